The van der Waals surface area contributed by atoms with Gasteiger partial charge in [-0.15, -0.1) is 11.3 Å². The summed E-state index contributed by atoms with van der Waals surface area (Å²) in [6.07, 6.45) is -3.56. The van der Waals surface area contributed by atoms with Gasteiger partial charge in [-0.05, 0) is 18.7 Å². The lowest BCUT2D eigenvalue weighted by molar-refractivity contribution is -0.141. The molecule has 0 saturated heterocycles. The first-order chi connectivity index (χ1) is 9.41. The molecule has 0 fully saturated rings. The highest BCUT2D eigenvalue weighted by molar-refractivity contribution is 7.15. The summed E-state index contributed by atoms with van der Waals surface area (Å²) in [6, 6.07) is 2.45. The van der Waals surface area contributed by atoms with E-state index in [1.165, 1.54) is 6.07 Å². The van der Waals surface area contributed by atoms with Crippen LogP contribution >= 0.6 is 11.3 Å². The van der Waals surface area contributed by atoms with Gasteiger partial charge in [0.2, 0.25) is 0 Å². The van der Waals surface area contributed by atoms with Crippen molar-refractivity contribution >= 4 is 11.3 Å². The molecule has 2 aromatic heterocycles. The average molecular weight is 305 g/mol. The molecule has 2 aromatic rings. The molecule has 0 aromatic carbocycles. The molecule has 0 radical (unpaired) electrons. The van der Waals surface area contributed by atoms with E-state index in [-0.39, 0.29) is 22.1 Å². The fourth-order valence-electron chi connectivity index (χ4n) is 1.54. The number of nitrogens with one attached hydrogen (secondary N) is 1. The predicted octanol–water partition coefficient (Wildman–Crippen LogP) is 3.47. The third-order valence-electron chi connectivity index (χ3n) is 2.45. The second-order valence-corrected chi connectivity index (χ2v) is 5.01. The van der Waals surface area contributed by atoms with Crippen LogP contribution < -0.4 is 5.32 Å². The van der Waals surface area contributed by atoms with Crippen LogP contribution in [0.15, 0.2) is 18.3 Å². The van der Waals surface area contributed by atoms with Gasteiger partial charge in [0.15, 0.2) is 5.69 Å². The molecular formula is C12H11F4N3S. The van der Waals surface area contributed by atoms with Crippen LogP contribution in [-0.4, -0.2) is 16.5 Å². The lowest BCUT2D eigenvalue weighted by atomic mass is 10.3. The van der Waals surface area contributed by atoms with E-state index in [1.807, 2.05) is 0 Å². The highest BCUT2D eigenvalue weighted by Gasteiger charge is 2.37. The Morgan fingerprint density at radius 3 is 2.60 bits per heavy atom. The monoisotopic (exact) mass is 305 g/mol. The average Bonchev–Trinajstić information content (AvgIpc) is 2.81. The molecule has 0 unspecified atom stereocenters. The molecule has 0 aliphatic heterocycles. The smallest absolute Gasteiger partial charge is 0.312 e. The number of hydrogen-bond acceptors (Lipinski definition) is 4. The zero-order valence-corrected chi connectivity index (χ0v) is 11.3. The van der Waals surface area contributed by atoms with Crippen molar-refractivity contribution < 1.29 is 17.6 Å². The number of hydrogen-bond donors (Lipinski definition) is 1. The van der Waals surface area contributed by atoms with Crippen LogP contribution in [0.5, 0.6) is 0 Å². The van der Waals surface area contributed by atoms with E-state index in [0.29, 0.717) is 6.54 Å². The number of alkyl halides is 3. The lowest BCUT2D eigenvalue weighted by Crippen LogP contribution is -2.15. The number of nitrogens with zero attached hydrogens (tertiary/aromatic N) is 2. The molecule has 0 spiro atoms. The largest absolute Gasteiger partial charge is 0.434 e. The maximum absolute atomic E-state index is 12.9. The summed E-state index contributed by atoms with van der Waals surface area (Å²) < 4.78 is 51.5. The summed E-state index contributed by atoms with van der Waals surface area (Å²) in [4.78, 5) is 7.45. The zero-order chi connectivity index (χ0) is 14.8. The number of rotatable bonds is 4. The van der Waals surface area contributed by atoms with Gasteiger partial charge in [-0.1, -0.05) is 6.92 Å². The first-order valence-electron chi connectivity index (χ1n) is 5.81. The molecule has 0 atom stereocenters. The minimum atomic E-state index is -4.51. The van der Waals surface area contributed by atoms with Gasteiger partial charge in [0.25, 0.3) is 0 Å². The van der Waals surface area contributed by atoms with Gasteiger partial charge in [0, 0.05) is 6.54 Å². The van der Waals surface area contributed by atoms with Gasteiger partial charge < -0.3 is 5.32 Å². The van der Waals surface area contributed by atoms with Crippen LogP contribution in [0.3, 0.4) is 0 Å². The Hall–Kier alpha value is -1.54. The summed E-state index contributed by atoms with van der Waals surface area (Å²) in [5.41, 5.74) is -0.686. The van der Waals surface area contributed by atoms with E-state index in [4.69, 9.17) is 0 Å². The molecule has 20 heavy (non-hydrogen) atoms. The van der Waals surface area contributed by atoms with Crippen molar-refractivity contribution in [2.45, 2.75) is 19.6 Å². The lowest BCUT2D eigenvalue weighted by Gasteiger charge is -2.05. The SMILES string of the molecule is CCNCc1sc(-c2ccc(F)cn2)nc1C(F)(F)F. The molecule has 108 valence electrons. The Labute approximate surface area is 116 Å². The highest BCUT2D eigenvalue weighted by atomic mass is 32.1. The Morgan fingerprint density at radius 1 is 1.30 bits per heavy atom. The number of halogens is 4. The maximum atomic E-state index is 12.9. The molecule has 0 amide bonds. The zero-order valence-electron chi connectivity index (χ0n) is 10.5. The third kappa shape index (κ3) is 3.31. The number of pyridine rings is 1. The van der Waals surface area contributed by atoms with Crippen molar-refractivity contribution in [3.8, 4) is 10.7 Å². The molecule has 3 nitrogen and oxygen atoms in total. The summed E-state index contributed by atoms with van der Waals surface area (Å²) in [6.45, 7) is 2.44. The molecular weight excluding hydrogens is 294 g/mol. The van der Waals surface area contributed by atoms with Gasteiger partial charge >= 0.3 is 6.18 Å². The second-order valence-electron chi connectivity index (χ2n) is 3.93. The van der Waals surface area contributed by atoms with E-state index in [2.05, 4.69) is 15.3 Å². The molecule has 2 heterocycles. The summed E-state index contributed by atoms with van der Waals surface area (Å²) in [5.74, 6) is -0.547. The molecule has 0 bridgehead atoms. The minimum absolute atomic E-state index is 0.0875. The topological polar surface area (TPSA) is 37.8 Å². The summed E-state index contributed by atoms with van der Waals surface area (Å²) in [7, 11) is 0. The van der Waals surface area contributed by atoms with E-state index in [9.17, 15) is 17.6 Å². The third-order valence-corrected chi connectivity index (χ3v) is 3.53. The highest BCUT2D eigenvalue weighted by Crippen LogP contribution is 2.37. The summed E-state index contributed by atoms with van der Waals surface area (Å²) in [5, 5.41) is 2.97. The van der Waals surface area contributed by atoms with Gasteiger partial charge in [-0.2, -0.15) is 13.2 Å². The van der Waals surface area contributed by atoms with Crippen LogP contribution in [0.4, 0.5) is 17.6 Å². The molecule has 0 saturated carbocycles. The molecule has 0 aliphatic carbocycles. The van der Waals surface area contributed by atoms with Crippen molar-refractivity contribution in [1.29, 1.82) is 0 Å². The Morgan fingerprint density at radius 2 is 2.05 bits per heavy atom. The van der Waals surface area contributed by atoms with Gasteiger partial charge in [-0.3, -0.25) is 4.98 Å². The Kier molecular flexibility index (Phi) is 4.34. The van der Waals surface area contributed by atoms with Crippen LogP contribution in [0.2, 0.25) is 0 Å². The van der Waals surface area contributed by atoms with Crippen molar-refractivity contribution in [3.63, 3.8) is 0 Å². The Balaban J connectivity index is 2.40. The standard InChI is InChI=1S/C12H11F4N3S/c1-2-17-6-9-10(12(14,15)16)19-11(20-9)8-4-3-7(13)5-18-8/h3-5,17H,2,6H2,1H3. The normalized spacial score (nSPS) is 11.8. The van der Waals surface area contributed by atoms with E-state index < -0.39 is 17.7 Å². The second kappa shape index (κ2) is 5.84. The number of thiazole rings is 1. The van der Waals surface area contributed by atoms with Gasteiger partial charge in [0.1, 0.15) is 10.8 Å². The Bertz CT molecular complexity index is 577. The fraction of sp³-hybridized carbons (Fsp3) is 0.333. The molecule has 2 rings (SSSR count). The molecule has 1 N–H and O–H groups in total. The van der Waals surface area contributed by atoms with Gasteiger partial charge in [-0.25, -0.2) is 9.37 Å². The van der Waals surface area contributed by atoms with Crippen LogP contribution in [0.25, 0.3) is 10.7 Å². The predicted molar refractivity (Wildman–Crippen MR) is 67.7 cm³/mol. The summed E-state index contributed by atoms with van der Waals surface area (Å²) >= 11 is 0.907. The fourth-order valence-corrected chi connectivity index (χ4v) is 2.57. The number of aromatic nitrogens is 2. The van der Waals surface area contributed by atoms with Crippen molar-refractivity contribution in [2.75, 3.05) is 6.54 Å². The first kappa shape index (κ1) is 14.9. The van der Waals surface area contributed by atoms with Gasteiger partial charge in [0.05, 0.1) is 16.8 Å². The molecule has 8 heteroatoms. The minimum Gasteiger partial charge on any atom is -0.312 e. The van der Waals surface area contributed by atoms with Crippen LogP contribution in [0, 0.1) is 5.82 Å². The van der Waals surface area contributed by atoms with Crippen LogP contribution in [0.1, 0.15) is 17.5 Å². The van der Waals surface area contributed by atoms with E-state index in [0.717, 1.165) is 23.6 Å². The van der Waals surface area contributed by atoms with Crippen molar-refractivity contribution in [3.05, 3.63) is 34.7 Å². The van der Waals surface area contributed by atoms with Crippen LogP contribution in [-0.2, 0) is 12.7 Å². The van der Waals surface area contributed by atoms with Crippen molar-refractivity contribution in [2.24, 2.45) is 0 Å². The quantitative estimate of drug-likeness (QED) is 0.879. The maximum Gasteiger partial charge on any atom is 0.434 e. The first-order valence-corrected chi connectivity index (χ1v) is 6.63. The van der Waals surface area contributed by atoms with E-state index >= 15 is 0 Å². The van der Waals surface area contributed by atoms with Crippen molar-refractivity contribution in [1.82, 2.24) is 15.3 Å². The molecule has 0 aliphatic rings. The van der Waals surface area contributed by atoms with E-state index in [1.54, 1.807) is 6.92 Å².